The first-order valence-corrected chi connectivity index (χ1v) is 8.39. The molecule has 1 unspecified atom stereocenters. The second-order valence-electron chi connectivity index (χ2n) is 7.91. The van der Waals surface area contributed by atoms with Crippen LogP contribution in [0.25, 0.3) is 0 Å². The minimum atomic E-state index is -0.945. The van der Waals surface area contributed by atoms with Gasteiger partial charge < -0.3 is 5.11 Å². The number of carboxylic acid groups (broad SMARTS) is 1. The minimum Gasteiger partial charge on any atom is -0.478 e. The van der Waals surface area contributed by atoms with Gasteiger partial charge in [0.15, 0.2) is 0 Å². The molecule has 128 valence electrons. The van der Waals surface area contributed by atoms with E-state index in [-0.39, 0.29) is 17.0 Å². The molecule has 0 saturated heterocycles. The molecule has 1 aliphatic carbocycles. The topological polar surface area (TPSA) is 70.5 Å². The Kier molecular flexibility index (Phi) is 3.11. The summed E-state index contributed by atoms with van der Waals surface area (Å²) in [4.78, 5) is 31.1. The van der Waals surface area contributed by atoms with E-state index in [9.17, 15) is 14.7 Å². The van der Waals surface area contributed by atoms with Crippen molar-refractivity contribution in [2.24, 2.45) is 0 Å². The fourth-order valence-electron chi connectivity index (χ4n) is 4.15. The average Bonchev–Trinajstić information content (AvgIpc) is 3.03. The highest BCUT2D eigenvalue weighted by Crippen LogP contribution is 2.50. The van der Waals surface area contributed by atoms with Gasteiger partial charge in [-0.2, -0.15) is 0 Å². The quantitative estimate of drug-likeness (QED) is 0.869. The molecule has 25 heavy (non-hydrogen) atoms. The number of hydrogen-bond donors (Lipinski definition) is 1. The summed E-state index contributed by atoms with van der Waals surface area (Å²) >= 11 is 0. The van der Waals surface area contributed by atoms with Crippen molar-refractivity contribution in [3.05, 3.63) is 58.8 Å². The van der Waals surface area contributed by atoms with Crippen LogP contribution in [0.1, 0.15) is 47.8 Å². The summed E-state index contributed by atoms with van der Waals surface area (Å²) in [6.45, 7) is 6.02. The predicted molar refractivity (Wildman–Crippen MR) is 94.0 cm³/mol. The molecule has 2 aliphatic rings. The number of aromatic carboxylic acids is 1. The minimum absolute atomic E-state index is 0.0572. The van der Waals surface area contributed by atoms with Crippen LogP contribution < -0.4 is 4.90 Å². The van der Waals surface area contributed by atoms with Crippen LogP contribution in [0, 0.1) is 0 Å². The number of carboxylic acids is 1. The van der Waals surface area contributed by atoms with Crippen LogP contribution in [0.3, 0.4) is 0 Å². The molecule has 5 nitrogen and oxygen atoms in total. The second-order valence-corrected chi connectivity index (χ2v) is 7.91. The van der Waals surface area contributed by atoms with E-state index in [1.54, 1.807) is 23.2 Å². The number of aromatic nitrogens is 1. The number of nitrogens with zero attached hydrogens (tertiary/aromatic N) is 2. The van der Waals surface area contributed by atoms with Gasteiger partial charge in [0.05, 0.1) is 11.0 Å². The fraction of sp³-hybridized carbons (Fsp3) is 0.350. The van der Waals surface area contributed by atoms with Gasteiger partial charge in [-0.25, -0.2) is 9.78 Å². The van der Waals surface area contributed by atoms with Crippen molar-refractivity contribution >= 4 is 17.7 Å². The Morgan fingerprint density at radius 3 is 2.60 bits per heavy atom. The SMILES string of the molecule is CC(C)(C)N1C(=O)C2(Cc3ccc(C(=O)O)cc3C2)c2cccnc21. The molecule has 0 saturated carbocycles. The molecular formula is C20H20N2O3. The first-order valence-electron chi connectivity index (χ1n) is 8.39. The largest absolute Gasteiger partial charge is 0.478 e. The molecule has 1 amide bonds. The molecule has 1 spiro atoms. The molecule has 2 heterocycles. The Hall–Kier alpha value is -2.69. The lowest BCUT2D eigenvalue weighted by atomic mass is 9.79. The van der Waals surface area contributed by atoms with E-state index in [0.29, 0.717) is 12.8 Å². The van der Waals surface area contributed by atoms with Gasteiger partial charge >= 0.3 is 5.97 Å². The Morgan fingerprint density at radius 2 is 1.92 bits per heavy atom. The number of benzene rings is 1. The normalized spacial score (nSPS) is 21.6. The Morgan fingerprint density at radius 1 is 1.20 bits per heavy atom. The molecule has 5 heteroatoms. The highest BCUT2D eigenvalue weighted by atomic mass is 16.4. The Bertz CT molecular complexity index is 913. The lowest BCUT2D eigenvalue weighted by Gasteiger charge is -2.33. The van der Waals surface area contributed by atoms with Crippen LogP contribution in [0.2, 0.25) is 0 Å². The maximum Gasteiger partial charge on any atom is 0.335 e. The van der Waals surface area contributed by atoms with Crippen molar-refractivity contribution in [1.29, 1.82) is 0 Å². The van der Waals surface area contributed by atoms with Gasteiger partial charge in [0.25, 0.3) is 0 Å². The molecular weight excluding hydrogens is 316 g/mol. The van der Waals surface area contributed by atoms with Crippen molar-refractivity contribution in [1.82, 2.24) is 4.98 Å². The smallest absolute Gasteiger partial charge is 0.335 e. The van der Waals surface area contributed by atoms with Crippen LogP contribution in [-0.4, -0.2) is 27.5 Å². The number of rotatable bonds is 1. The van der Waals surface area contributed by atoms with E-state index in [1.165, 1.54) is 0 Å². The first-order chi connectivity index (χ1) is 11.7. The zero-order valence-electron chi connectivity index (χ0n) is 14.5. The van der Waals surface area contributed by atoms with E-state index in [2.05, 4.69) is 4.98 Å². The van der Waals surface area contributed by atoms with Gasteiger partial charge in [-0.15, -0.1) is 0 Å². The summed E-state index contributed by atoms with van der Waals surface area (Å²) < 4.78 is 0. The van der Waals surface area contributed by atoms with Gasteiger partial charge in [0.2, 0.25) is 5.91 Å². The van der Waals surface area contributed by atoms with Gasteiger partial charge in [-0.05, 0) is 62.9 Å². The predicted octanol–water partition coefficient (Wildman–Crippen LogP) is 2.96. The monoisotopic (exact) mass is 336 g/mol. The summed E-state index contributed by atoms with van der Waals surface area (Å²) in [5.74, 6) is -0.159. The number of anilines is 1. The van der Waals surface area contributed by atoms with E-state index in [1.807, 2.05) is 39.0 Å². The van der Waals surface area contributed by atoms with Crippen LogP contribution in [0.15, 0.2) is 36.5 Å². The number of carbonyl (C=O) groups excluding carboxylic acids is 1. The van der Waals surface area contributed by atoms with Crippen LogP contribution in [-0.2, 0) is 23.1 Å². The number of fused-ring (bicyclic) bond motifs is 3. The van der Waals surface area contributed by atoms with Crippen molar-refractivity contribution in [2.75, 3.05) is 4.90 Å². The number of carbonyl (C=O) groups is 2. The van der Waals surface area contributed by atoms with E-state index in [4.69, 9.17) is 0 Å². The van der Waals surface area contributed by atoms with Gasteiger partial charge in [-0.1, -0.05) is 12.1 Å². The molecule has 0 fully saturated rings. The molecule has 0 radical (unpaired) electrons. The number of hydrogen-bond acceptors (Lipinski definition) is 3. The van der Waals surface area contributed by atoms with Crippen LogP contribution in [0.4, 0.5) is 5.82 Å². The van der Waals surface area contributed by atoms with Crippen molar-refractivity contribution in [3.8, 4) is 0 Å². The van der Waals surface area contributed by atoms with E-state index < -0.39 is 11.4 Å². The third-order valence-electron chi connectivity index (χ3n) is 5.24. The third kappa shape index (κ3) is 2.11. The molecule has 1 aromatic carbocycles. The standard InChI is InChI=1S/C20H20N2O3/c1-19(2,3)22-16-15(5-4-8-21-16)20(18(22)25)10-13-7-6-12(17(23)24)9-14(13)11-20/h4-9H,10-11H2,1-3H3,(H,23,24). The lowest BCUT2D eigenvalue weighted by Crippen LogP contribution is -2.49. The molecule has 1 atom stereocenters. The maximum absolute atomic E-state index is 13.5. The molecule has 1 aromatic heterocycles. The highest BCUT2D eigenvalue weighted by Gasteiger charge is 2.56. The molecule has 0 bridgehead atoms. The zero-order valence-corrected chi connectivity index (χ0v) is 14.5. The zero-order chi connectivity index (χ0) is 18.0. The summed E-state index contributed by atoms with van der Waals surface area (Å²) in [6, 6.07) is 9.01. The maximum atomic E-state index is 13.5. The highest BCUT2D eigenvalue weighted by molar-refractivity contribution is 6.09. The van der Waals surface area contributed by atoms with Crippen LogP contribution in [0.5, 0.6) is 0 Å². The third-order valence-corrected chi connectivity index (χ3v) is 5.24. The van der Waals surface area contributed by atoms with Gasteiger partial charge in [0.1, 0.15) is 5.82 Å². The van der Waals surface area contributed by atoms with Crippen LogP contribution >= 0.6 is 0 Å². The number of amides is 1. The fourth-order valence-corrected chi connectivity index (χ4v) is 4.15. The molecule has 2 aromatic rings. The molecule has 4 rings (SSSR count). The average molecular weight is 336 g/mol. The van der Waals surface area contributed by atoms with E-state index in [0.717, 1.165) is 22.5 Å². The van der Waals surface area contributed by atoms with E-state index >= 15 is 0 Å². The second kappa shape index (κ2) is 4.91. The summed E-state index contributed by atoms with van der Waals surface area (Å²) in [5.41, 5.74) is 2.16. The van der Waals surface area contributed by atoms with Gasteiger partial charge in [0, 0.05) is 17.3 Å². The summed E-state index contributed by atoms with van der Waals surface area (Å²) in [7, 11) is 0. The number of pyridine rings is 1. The van der Waals surface area contributed by atoms with Crippen molar-refractivity contribution in [3.63, 3.8) is 0 Å². The molecule has 1 aliphatic heterocycles. The van der Waals surface area contributed by atoms with Gasteiger partial charge in [-0.3, -0.25) is 9.69 Å². The Labute approximate surface area is 146 Å². The first kappa shape index (κ1) is 15.8. The lowest BCUT2D eigenvalue weighted by molar-refractivity contribution is -0.123. The summed E-state index contributed by atoms with van der Waals surface area (Å²) in [6.07, 6.45) is 2.83. The Balaban J connectivity index is 1.86. The van der Waals surface area contributed by atoms with Crippen molar-refractivity contribution < 1.29 is 14.7 Å². The molecule has 1 N–H and O–H groups in total. The van der Waals surface area contributed by atoms with Crippen molar-refractivity contribution in [2.45, 2.75) is 44.6 Å². The summed E-state index contributed by atoms with van der Waals surface area (Å²) in [5, 5.41) is 9.25.